The Balaban J connectivity index is 1.48. The first-order chi connectivity index (χ1) is 15.0. The Hall–Kier alpha value is -2.33. The van der Waals surface area contributed by atoms with Crippen LogP contribution in [0.2, 0.25) is 0 Å². The van der Waals surface area contributed by atoms with Gasteiger partial charge in [-0.1, -0.05) is 13.8 Å². The summed E-state index contributed by atoms with van der Waals surface area (Å²) in [7, 11) is 1.68. The Morgan fingerprint density at radius 1 is 1.13 bits per heavy atom. The highest BCUT2D eigenvalue weighted by Crippen LogP contribution is 2.38. The number of guanidine groups is 1. The summed E-state index contributed by atoms with van der Waals surface area (Å²) in [6, 6.07) is 3.08. The van der Waals surface area contributed by atoms with E-state index in [4.69, 9.17) is 9.47 Å². The van der Waals surface area contributed by atoms with Gasteiger partial charge in [0.15, 0.2) is 17.5 Å². The van der Waals surface area contributed by atoms with Crippen LogP contribution in [-0.2, 0) is 6.54 Å². The summed E-state index contributed by atoms with van der Waals surface area (Å²) in [6.45, 7) is 9.15. The van der Waals surface area contributed by atoms with E-state index in [-0.39, 0.29) is 19.1 Å². The molecule has 1 unspecified atom stereocenters. The number of piperazine rings is 1. The highest BCUT2D eigenvalue weighted by atomic mass is 19.3. The lowest BCUT2D eigenvalue weighted by atomic mass is 10.1. The number of fused-ring (bicyclic) bond motifs is 1. The lowest BCUT2D eigenvalue weighted by molar-refractivity contribution is -0.0505. The van der Waals surface area contributed by atoms with E-state index in [1.165, 1.54) is 6.07 Å². The summed E-state index contributed by atoms with van der Waals surface area (Å²) in [5, 5.41) is 6.48. The summed E-state index contributed by atoms with van der Waals surface area (Å²) >= 11 is 0. The average Bonchev–Trinajstić information content (AvgIpc) is 3.21. The van der Waals surface area contributed by atoms with Crippen LogP contribution in [0.25, 0.3) is 0 Å². The number of likely N-dealkylation sites (N-methyl/N-ethyl adjacent to an activating group) is 1. The van der Waals surface area contributed by atoms with Crippen molar-refractivity contribution in [2.24, 2.45) is 10.9 Å². The summed E-state index contributed by atoms with van der Waals surface area (Å²) in [4.78, 5) is 9.20. The molecule has 8 nitrogen and oxygen atoms in total. The first kappa shape index (κ1) is 23.3. The van der Waals surface area contributed by atoms with Crippen molar-refractivity contribution in [1.29, 1.82) is 0 Å². The van der Waals surface area contributed by atoms with Crippen LogP contribution in [0.1, 0.15) is 19.4 Å². The second-order valence-electron chi connectivity index (χ2n) is 7.84. The van der Waals surface area contributed by atoms with Gasteiger partial charge in [0.05, 0.1) is 0 Å². The van der Waals surface area contributed by atoms with Gasteiger partial charge < -0.3 is 34.6 Å². The molecule has 31 heavy (non-hydrogen) atoms. The second-order valence-corrected chi connectivity index (χ2v) is 7.84. The SMILES string of the molecule is CCN1CCN(CC(C)CNC(=NC)NCc2cc3c(cc2OC(F)F)OCO3)CC1. The Kier molecular flexibility index (Phi) is 8.53. The van der Waals surface area contributed by atoms with Crippen LogP contribution in [0.15, 0.2) is 17.1 Å². The van der Waals surface area contributed by atoms with Crippen molar-refractivity contribution in [2.75, 3.05) is 59.7 Å². The molecule has 10 heteroatoms. The lowest BCUT2D eigenvalue weighted by Gasteiger charge is -2.35. The zero-order valence-electron chi connectivity index (χ0n) is 18.5. The van der Waals surface area contributed by atoms with E-state index in [0.29, 0.717) is 28.9 Å². The van der Waals surface area contributed by atoms with E-state index >= 15 is 0 Å². The van der Waals surface area contributed by atoms with Crippen molar-refractivity contribution in [2.45, 2.75) is 27.0 Å². The maximum atomic E-state index is 12.8. The third-order valence-electron chi connectivity index (χ3n) is 5.54. The maximum Gasteiger partial charge on any atom is 0.387 e. The molecule has 2 aliphatic rings. The van der Waals surface area contributed by atoms with E-state index in [0.717, 1.165) is 45.8 Å². The molecule has 0 radical (unpaired) electrons. The van der Waals surface area contributed by atoms with Gasteiger partial charge in [-0.25, -0.2) is 0 Å². The number of aliphatic imine (C=N–C) groups is 1. The largest absolute Gasteiger partial charge is 0.454 e. The number of nitrogens with one attached hydrogen (secondary N) is 2. The highest BCUT2D eigenvalue weighted by Gasteiger charge is 2.21. The molecule has 1 aromatic rings. The first-order valence-electron chi connectivity index (χ1n) is 10.7. The number of rotatable bonds is 9. The fraction of sp³-hybridized carbons (Fsp3) is 0.667. The zero-order valence-corrected chi connectivity index (χ0v) is 18.5. The number of nitrogens with zero attached hydrogens (tertiary/aromatic N) is 3. The van der Waals surface area contributed by atoms with E-state index in [9.17, 15) is 8.78 Å². The van der Waals surface area contributed by atoms with Gasteiger partial charge >= 0.3 is 6.61 Å². The molecule has 0 bridgehead atoms. The smallest absolute Gasteiger partial charge is 0.387 e. The van der Waals surface area contributed by atoms with Gasteiger partial charge in [-0.15, -0.1) is 0 Å². The van der Waals surface area contributed by atoms with Gasteiger partial charge in [0.25, 0.3) is 0 Å². The maximum absolute atomic E-state index is 12.8. The van der Waals surface area contributed by atoms with Gasteiger partial charge in [-0.05, 0) is 18.5 Å². The topological polar surface area (TPSA) is 70.6 Å². The van der Waals surface area contributed by atoms with Crippen molar-refractivity contribution >= 4 is 5.96 Å². The van der Waals surface area contributed by atoms with Crippen LogP contribution in [0.3, 0.4) is 0 Å². The zero-order chi connectivity index (χ0) is 22.2. The fourth-order valence-corrected chi connectivity index (χ4v) is 3.77. The molecule has 2 N–H and O–H groups in total. The number of halogens is 2. The minimum absolute atomic E-state index is 0.0572. The Morgan fingerprint density at radius 2 is 1.81 bits per heavy atom. The summed E-state index contributed by atoms with van der Waals surface area (Å²) in [5.74, 6) is 2.01. The van der Waals surface area contributed by atoms with E-state index in [1.54, 1.807) is 13.1 Å². The van der Waals surface area contributed by atoms with Crippen LogP contribution < -0.4 is 24.8 Å². The number of benzene rings is 1. The second kappa shape index (κ2) is 11.3. The number of alkyl halides is 2. The van der Waals surface area contributed by atoms with Crippen molar-refractivity contribution in [1.82, 2.24) is 20.4 Å². The normalized spacial score (nSPS) is 18.3. The van der Waals surface area contributed by atoms with Crippen LogP contribution in [0.5, 0.6) is 17.2 Å². The Labute approximate surface area is 182 Å². The molecule has 0 amide bonds. The third-order valence-corrected chi connectivity index (χ3v) is 5.54. The summed E-state index contributed by atoms with van der Waals surface area (Å²) < 4.78 is 40.9. The quantitative estimate of drug-likeness (QED) is 0.448. The molecule has 174 valence electrons. The van der Waals surface area contributed by atoms with E-state index in [2.05, 4.69) is 44.0 Å². The minimum atomic E-state index is -2.92. The molecule has 2 heterocycles. The number of ether oxygens (including phenoxy) is 3. The molecule has 2 aliphatic heterocycles. The standard InChI is InChI=1S/C21H33F2N5O3/c1-4-27-5-7-28(8-6-27)13-15(2)11-25-21(24-3)26-12-16-9-18-19(30-14-29-18)10-17(16)31-20(22)23/h9-10,15,20H,4-8,11-14H2,1-3H3,(H2,24,25,26). The predicted octanol–water partition coefficient (Wildman–Crippen LogP) is 1.96. The lowest BCUT2D eigenvalue weighted by Crippen LogP contribution is -2.48. The highest BCUT2D eigenvalue weighted by molar-refractivity contribution is 5.79. The number of hydrogen-bond donors (Lipinski definition) is 2. The monoisotopic (exact) mass is 441 g/mol. The molecule has 1 saturated heterocycles. The molecular weight excluding hydrogens is 408 g/mol. The van der Waals surface area contributed by atoms with Gasteiger partial charge in [0, 0.05) is 64.5 Å². The van der Waals surface area contributed by atoms with Gasteiger partial charge in [-0.2, -0.15) is 8.78 Å². The van der Waals surface area contributed by atoms with Crippen LogP contribution in [0, 0.1) is 5.92 Å². The molecule has 3 rings (SSSR count). The average molecular weight is 442 g/mol. The molecule has 0 saturated carbocycles. The summed E-state index contributed by atoms with van der Waals surface area (Å²) in [6.07, 6.45) is 0. The van der Waals surface area contributed by atoms with E-state index in [1.807, 2.05) is 0 Å². The van der Waals surface area contributed by atoms with Crippen LogP contribution >= 0.6 is 0 Å². The minimum Gasteiger partial charge on any atom is -0.454 e. The molecule has 0 spiro atoms. The molecule has 1 fully saturated rings. The van der Waals surface area contributed by atoms with Crippen molar-refractivity contribution in [3.05, 3.63) is 17.7 Å². The predicted molar refractivity (Wildman–Crippen MR) is 115 cm³/mol. The van der Waals surface area contributed by atoms with Gasteiger partial charge in [-0.3, -0.25) is 4.99 Å². The Morgan fingerprint density at radius 3 is 2.45 bits per heavy atom. The Bertz CT molecular complexity index is 742. The molecule has 0 aliphatic carbocycles. The first-order valence-corrected chi connectivity index (χ1v) is 10.7. The third kappa shape index (κ3) is 6.83. The van der Waals surface area contributed by atoms with Gasteiger partial charge in [0.2, 0.25) is 6.79 Å². The molecule has 1 aromatic carbocycles. The number of hydrogen-bond acceptors (Lipinski definition) is 6. The fourth-order valence-electron chi connectivity index (χ4n) is 3.77. The molecule has 0 aromatic heterocycles. The van der Waals surface area contributed by atoms with E-state index < -0.39 is 6.61 Å². The van der Waals surface area contributed by atoms with Crippen molar-refractivity contribution in [3.8, 4) is 17.2 Å². The van der Waals surface area contributed by atoms with Gasteiger partial charge in [0.1, 0.15) is 5.75 Å². The van der Waals surface area contributed by atoms with Crippen molar-refractivity contribution in [3.63, 3.8) is 0 Å². The van der Waals surface area contributed by atoms with Crippen LogP contribution in [-0.4, -0.2) is 82.0 Å². The van der Waals surface area contributed by atoms with Crippen LogP contribution in [0.4, 0.5) is 8.78 Å². The molecular formula is C21H33F2N5O3. The molecule has 1 atom stereocenters. The van der Waals surface area contributed by atoms with Crippen molar-refractivity contribution < 1.29 is 23.0 Å². The summed E-state index contributed by atoms with van der Waals surface area (Å²) in [5.41, 5.74) is 0.536.